The van der Waals surface area contributed by atoms with Gasteiger partial charge in [0, 0.05) is 29.7 Å². The van der Waals surface area contributed by atoms with Crippen LogP contribution in [0.5, 0.6) is 0 Å². The van der Waals surface area contributed by atoms with Crippen molar-refractivity contribution < 1.29 is 22.8 Å². The van der Waals surface area contributed by atoms with Gasteiger partial charge in [-0.05, 0) is 63.5 Å². The lowest BCUT2D eigenvalue weighted by atomic mass is 10.0. The molecule has 3 nitrogen and oxygen atoms in total. The first-order valence-corrected chi connectivity index (χ1v) is 11.8. The van der Waals surface area contributed by atoms with Gasteiger partial charge in [0.2, 0.25) is 5.91 Å². The molecule has 1 N–H and O–H groups in total. The maximum absolute atomic E-state index is 13.9. The summed E-state index contributed by atoms with van der Waals surface area (Å²) >= 11 is 21.9. The third kappa shape index (κ3) is 4.98. The van der Waals surface area contributed by atoms with Crippen LogP contribution in [0, 0.1) is 23.4 Å². The lowest BCUT2D eigenvalue weighted by molar-refractivity contribution is -0.117. The molecule has 0 saturated heterocycles. The van der Waals surface area contributed by atoms with E-state index in [1.807, 2.05) is 0 Å². The molecular weight excluding hydrogens is 578 g/mol. The molecule has 1 aliphatic rings. The molecule has 0 radical (unpaired) electrons. The third-order valence-electron chi connectivity index (χ3n) is 5.54. The van der Waals surface area contributed by atoms with Gasteiger partial charge in [0.15, 0.2) is 5.78 Å². The van der Waals surface area contributed by atoms with Gasteiger partial charge >= 0.3 is 0 Å². The second-order valence-electron chi connectivity index (χ2n) is 7.82. The molecule has 2 unspecified atom stereocenters. The van der Waals surface area contributed by atoms with Crippen LogP contribution < -0.4 is 5.32 Å². The van der Waals surface area contributed by atoms with Gasteiger partial charge in [-0.15, -0.1) is 23.2 Å². The van der Waals surface area contributed by atoms with Crippen molar-refractivity contribution in [2.24, 2.45) is 5.92 Å². The van der Waals surface area contributed by atoms with Crippen molar-refractivity contribution in [1.29, 1.82) is 0 Å². The molecular formula is C24H14BrCl3F3NO2. The van der Waals surface area contributed by atoms with Crippen LogP contribution in [0.1, 0.15) is 27.4 Å². The van der Waals surface area contributed by atoms with E-state index in [9.17, 15) is 22.8 Å². The van der Waals surface area contributed by atoms with Crippen molar-refractivity contribution >= 4 is 68.1 Å². The molecule has 34 heavy (non-hydrogen) atoms. The Morgan fingerprint density at radius 1 is 0.971 bits per heavy atom. The molecule has 0 spiro atoms. The number of alkyl halides is 2. The van der Waals surface area contributed by atoms with Crippen LogP contribution in [0.15, 0.2) is 59.1 Å². The van der Waals surface area contributed by atoms with E-state index >= 15 is 0 Å². The van der Waals surface area contributed by atoms with E-state index in [1.54, 1.807) is 0 Å². The highest BCUT2D eigenvalue weighted by molar-refractivity contribution is 9.10. The minimum absolute atomic E-state index is 0.0113. The van der Waals surface area contributed by atoms with E-state index in [2.05, 4.69) is 21.2 Å². The quantitative estimate of drug-likeness (QED) is 0.239. The largest absolute Gasteiger partial charge is 0.326 e. The summed E-state index contributed by atoms with van der Waals surface area (Å²) in [5.41, 5.74) is 0.914. The number of Topliss-reactive ketones (excluding diaryl/α,β-unsaturated/α-hetero) is 1. The Kier molecular flexibility index (Phi) is 7.02. The Morgan fingerprint density at radius 2 is 1.71 bits per heavy atom. The molecule has 0 bridgehead atoms. The fourth-order valence-electron chi connectivity index (χ4n) is 3.74. The van der Waals surface area contributed by atoms with E-state index in [4.69, 9.17) is 34.8 Å². The number of amides is 1. The molecule has 1 saturated carbocycles. The number of halogens is 7. The van der Waals surface area contributed by atoms with E-state index < -0.39 is 45.3 Å². The van der Waals surface area contributed by atoms with Crippen LogP contribution in [0.4, 0.5) is 18.9 Å². The molecule has 3 aromatic rings. The summed E-state index contributed by atoms with van der Waals surface area (Å²) < 4.78 is 39.4. The Bertz CT molecular complexity index is 1320. The summed E-state index contributed by atoms with van der Waals surface area (Å²) in [4.78, 5) is 25.6. The lowest BCUT2D eigenvalue weighted by Crippen LogP contribution is -2.17. The Morgan fingerprint density at radius 3 is 2.38 bits per heavy atom. The summed E-state index contributed by atoms with van der Waals surface area (Å²) in [5, 5.41) is 2.77. The average Bonchev–Trinajstić information content (AvgIpc) is 3.35. The number of benzene rings is 3. The van der Waals surface area contributed by atoms with Gasteiger partial charge in [-0.2, -0.15) is 0 Å². The zero-order valence-electron chi connectivity index (χ0n) is 17.0. The molecule has 1 amide bonds. The maximum Gasteiger partial charge on any atom is 0.231 e. The second kappa shape index (κ2) is 9.53. The minimum atomic E-state index is -1.40. The number of hydrogen-bond acceptors (Lipinski definition) is 2. The van der Waals surface area contributed by atoms with Crippen LogP contribution in [0.3, 0.4) is 0 Å². The van der Waals surface area contributed by atoms with Crippen molar-refractivity contribution in [2.75, 3.05) is 5.32 Å². The van der Waals surface area contributed by atoms with Crippen LogP contribution >= 0.6 is 50.7 Å². The number of ketones is 1. The summed E-state index contributed by atoms with van der Waals surface area (Å²) in [5.74, 6) is -4.46. The highest BCUT2D eigenvalue weighted by Gasteiger charge is 2.67. The van der Waals surface area contributed by atoms with E-state index in [1.165, 1.54) is 42.5 Å². The zero-order valence-corrected chi connectivity index (χ0v) is 20.9. The van der Waals surface area contributed by atoms with Gasteiger partial charge in [-0.3, -0.25) is 9.59 Å². The highest BCUT2D eigenvalue weighted by Crippen LogP contribution is 2.65. The van der Waals surface area contributed by atoms with Crippen molar-refractivity contribution in [3.63, 3.8) is 0 Å². The molecule has 1 fully saturated rings. The van der Waals surface area contributed by atoms with E-state index in [0.29, 0.717) is 11.6 Å². The molecule has 0 aromatic heterocycles. The van der Waals surface area contributed by atoms with Crippen molar-refractivity contribution in [3.8, 4) is 0 Å². The predicted molar refractivity (Wildman–Crippen MR) is 129 cm³/mol. The van der Waals surface area contributed by atoms with Crippen molar-refractivity contribution in [3.05, 3.63) is 98.2 Å². The number of anilines is 1. The number of carbonyl (C=O) groups is 2. The molecule has 10 heteroatoms. The third-order valence-corrected chi connectivity index (χ3v) is 7.42. The molecule has 176 valence electrons. The van der Waals surface area contributed by atoms with Crippen LogP contribution in [0.25, 0.3) is 0 Å². The molecule has 4 rings (SSSR count). The zero-order chi connectivity index (χ0) is 24.8. The Labute approximate surface area is 216 Å². The Balaban J connectivity index is 1.51. The van der Waals surface area contributed by atoms with Crippen LogP contribution in [-0.2, 0) is 11.2 Å². The lowest BCUT2D eigenvalue weighted by Gasteiger charge is -2.10. The monoisotopic (exact) mass is 589 g/mol. The topological polar surface area (TPSA) is 46.2 Å². The minimum Gasteiger partial charge on any atom is -0.326 e. The van der Waals surface area contributed by atoms with Crippen LogP contribution in [-0.4, -0.2) is 16.0 Å². The first-order valence-electron chi connectivity index (χ1n) is 9.89. The SMILES string of the molecule is O=C(Cc1ccc(F)cc1F)c1cc(NC(=O)C2C(c3ccc(F)c(Br)c3)C2(Cl)Cl)ccc1Cl. The summed E-state index contributed by atoms with van der Waals surface area (Å²) in [7, 11) is 0. The summed E-state index contributed by atoms with van der Waals surface area (Å²) in [6, 6.07) is 11.5. The smallest absolute Gasteiger partial charge is 0.231 e. The molecule has 2 atom stereocenters. The normalized spacial score (nSPS) is 18.4. The van der Waals surface area contributed by atoms with E-state index in [0.717, 1.165) is 6.07 Å². The number of nitrogens with one attached hydrogen (secondary N) is 1. The fraction of sp³-hybridized carbons (Fsp3) is 0.167. The highest BCUT2D eigenvalue weighted by atomic mass is 79.9. The molecule has 0 aliphatic heterocycles. The van der Waals surface area contributed by atoms with Crippen molar-refractivity contribution in [1.82, 2.24) is 0 Å². The average molecular weight is 592 g/mol. The first kappa shape index (κ1) is 25.0. The standard InChI is InChI=1S/C24H14BrCl3F3NO2/c25-16-7-12(2-6-18(16)30)21-22(24(21,27)28)23(34)32-14-4-5-17(26)15(10-14)20(33)8-11-1-3-13(29)9-19(11)31/h1-7,9-10,21-22H,8H2,(H,32,34). The Hall–Kier alpha value is -2.06. The van der Waals surface area contributed by atoms with Gasteiger partial charge in [0.05, 0.1) is 15.4 Å². The maximum atomic E-state index is 13.9. The molecule has 3 aromatic carbocycles. The van der Waals surface area contributed by atoms with Gasteiger partial charge in [-0.1, -0.05) is 23.7 Å². The summed E-state index contributed by atoms with van der Waals surface area (Å²) in [6.45, 7) is 0. The molecule has 0 heterocycles. The predicted octanol–water partition coefficient (Wildman–Crippen LogP) is 7.47. The number of hydrogen-bond donors (Lipinski definition) is 1. The second-order valence-corrected chi connectivity index (χ2v) is 10.5. The van der Waals surface area contributed by atoms with Gasteiger partial charge in [-0.25, -0.2) is 13.2 Å². The fourth-order valence-corrected chi connectivity index (χ4v) is 5.19. The van der Waals surface area contributed by atoms with Gasteiger partial charge in [0.25, 0.3) is 0 Å². The number of carbonyl (C=O) groups excluding carboxylic acids is 2. The number of rotatable bonds is 6. The first-order chi connectivity index (χ1) is 16.0. The summed E-state index contributed by atoms with van der Waals surface area (Å²) in [6.07, 6.45) is -0.347. The van der Waals surface area contributed by atoms with Gasteiger partial charge in [0.1, 0.15) is 21.8 Å². The van der Waals surface area contributed by atoms with Crippen LogP contribution in [0.2, 0.25) is 5.02 Å². The van der Waals surface area contributed by atoms with Crippen molar-refractivity contribution in [2.45, 2.75) is 16.7 Å². The van der Waals surface area contributed by atoms with E-state index in [-0.39, 0.29) is 32.7 Å². The van der Waals surface area contributed by atoms with Gasteiger partial charge < -0.3 is 5.32 Å². The molecule has 1 aliphatic carbocycles.